The van der Waals surface area contributed by atoms with Crippen LogP contribution in [-0.2, 0) is 11.4 Å². The minimum absolute atomic E-state index is 0.121. The van der Waals surface area contributed by atoms with Gasteiger partial charge in [0.25, 0.3) is 5.91 Å². The molecule has 0 unspecified atom stereocenters. The number of fused-ring (bicyclic) bond motifs is 1. The van der Waals surface area contributed by atoms with E-state index < -0.39 is 0 Å². The molecule has 0 aliphatic carbocycles. The van der Waals surface area contributed by atoms with Gasteiger partial charge in [-0.15, -0.1) is 0 Å². The van der Waals surface area contributed by atoms with Crippen molar-refractivity contribution >= 4 is 45.4 Å². The molecule has 1 aliphatic heterocycles. The molecule has 37 heavy (non-hydrogen) atoms. The molecule has 0 atom stereocenters. The van der Waals surface area contributed by atoms with Crippen LogP contribution in [0.15, 0.2) is 94.8 Å². The summed E-state index contributed by atoms with van der Waals surface area (Å²) < 4.78 is 24.9. The number of amides is 1. The number of rotatable bonds is 7. The van der Waals surface area contributed by atoms with Crippen molar-refractivity contribution in [2.75, 3.05) is 13.7 Å². The third kappa shape index (κ3) is 5.52. The van der Waals surface area contributed by atoms with E-state index in [0.29, 0.717) is 40.4 Å². The molecule has 0 spiro atoms. The smallest absolute Gasteiger partial charge is 0.266 e. The lowest BCUT2D eigenvalue weighted by Crippen LogP contribution is -2.28. The third-order valence-electron chi connectivity index (χ3n) is 5.95. The molecule has 0 bridgehead atoms. The highest BCUT2D eigenvalue weighted by molar-refractivity contribution is 8.18. The van der Waals surface area contributed by atoms with Crippen molar-refractivity contribution in [3.05, 3.63) is 107 Å². The SMILES string of the molecule is CCN1C(=O)/C(=C\c2ccc(OCc3ccc4ccccc4c3)c(OC)c2)SC1=Nc1ccc(F)cc1. The van der Waals surface area contributed by atoms with Gasteiger partial charge in [0.05, 0.1) is 17.7 Å². The minimum atomic E-state index is -0.328. The van der Waals surface area contributed by atoms with Crippen molar-refractivity contribution in [2.45, 2.75) is 13.5 Å². The van der Waals surface area contributed by atoms with Gasteiger partial charge in [0, 0.05) is 6.54 Å². The number of likely N-dealkylation sites (N-methyl/N-ethyl adjacent to an activating group) is 1. The first-order chi connectivity index (χ1) is 18.0. The highest BCUT2D eigenvalue weighted by Gasteiger charge is 2.32. The molecule has 0 aromatic heterocycles. The summed E-state index contributed by atoms with van der Waals surface area (Å²) in [5, 5.41) is 2.92. The van der Waals surface area contributed by atoms with Crippen molar-refractivity contribution in [1.82, 2.24) is 4.90 Å². The van der Waals surface area contributed by atoms with Gasteiger partial charge < -0.3 is 9.47 Å². The Hall–Kier alpha value is -4.10. The summed E-state index contributed by atoms with van der Waals surface area (Å²) in [5.41, 5.74) is 2.46. The molecular weight excluding hydrogens is 487 g/mol. The van der Waals surface area contributed by atoms with Crippen molar-refractivity contribution in [3.8, 4) is 11.5 Å². The first-order valence-electron chi connectivity index (χ1n) is 11.9. The number of hydrogen-bond acceptors (Lipinski definition) is 5. The van der Waals surface area contributed by atoms with Gasteiger partial charge in [-0.3, -0.25) is 9.69 Å². The molecule has 0 N–H and O–H groups in total. The van der Waals surface area contributed by atoms with E-state index in [1.165, 1.54) is 34.7 Å². The summed E-state index contributed by atoms with van der Waals surface area (Å²) in [5.74, 6) is 0.754. The molecule has 4 aromatic rings. The van der Waals surface area contributed by atoms with Crippen LogP contribution >= 0.6 is 11.8 Å². The van der Waals surface area contributed by atoms with E-state index in [1.54, 1.807) is 24.1 Å². The second-order valence-corrected chi connectivity index (χ2v) is 9.42. The maximum atomic E-state index is 13.2. The molecule has 4 aromatic carbocycles. The number of hydrogen-bond donors (Lipinski definition) is 0. The number of benzene rings is 4. The van der Waals surface area contributed by atoms with Gasteiger partial charge >= 0.3 is 0 Å². The summed E-state index contributed by atoms with van der Waals surface area (Å²) in [7, 11) is 1.59. The molecule has 186 valence electrons. The van der Waals surface area contributed by atoms with Crippen molar-refractivity contribution < 1.29 is 18.7 Å². The fourth-order valence-electron chi connectivity index (χ4n) is 4.03. The summed E-state index contributed by atoms with van der Waals surface area (Å²) in [6.07, 6.45) is 1.82. The molecule has 5 rings (SSSR count). The Morgan fingerprint density at radius 2 is 1.73 bits per heavy atom. The highest BCUT2D eigenvalue weighted by Crippen LogP contribution is 2.36. The monoisotopic (exact) mass is 512 g/mol. The molecule has 1 aliphatic rings. The van der Waals surface area contributed by atoms with Crippen molar-refractivity contribution in [3.63, 3.8) is 0 Å². The fourth-order valence-corrected chi connectivity index (χ4v) is 5.09. The maximum absolute atomic E-state index is 13.2. The molecule has 1 heterocycles. The van der Waals surface area contributed by atoms with E-state index in [4.69, 9.17) is 9.47 Å². The van der Waals surface area contributed by atoms with Gasteiger partial charge in [-0.25, -0.2) is 9.38 Å². The van der Waals surface area contributed by atoms with Crippen LogP contribution in [0.1, 0.15) is 18.1 Å². The molecule has 7 heteroatoms. The zero-order valence-corrected chi connectivity index (χ0v) is 21.3. The summed E-state index contributed by atoms with van der Waals surface area (Å²) in [4.78, 5) is 19.7. The Balaban J connectivity index is 1.34. The average Bonchev–Trinajstić information content (AvgIpc) is 3.22. The molecule has 5 nitrogen and oxygen atoms in total. The van der Waals surface area contributed by atoms with Crippen LogP contribution in [0.5, 0.6) is 11.5 Å². The van der Waals surface area contributed by atoms with E-state index >= 15 is 0 Å². The Labute approximate surface area is 219 Å². The Bertz CT molecular complexity index is 1520. The number of carbonyl (C=O) groups is 1. The third-order valence-corrected chi connectivity index (χ3v) is 6.96. The van der Waals surface area contributed by atoms with E-state index in [9.17, 15) is 9.18 Å². The quantitative estimate of drug-likeness (QED) is 0.246. The standard InChI is InChI=1S/C30H25FN2O3S/c1-3-33-29(34)28(37-30(33)32-25-13-11-24(31)12-14-25)18-20-9-15-26(27(17-20)35-2)36-19-21-8-10-22-6-4-5-7-23(22)16-21/h4-18H,3,19H2,1-2H3/b28-18+,32-30?. The number of methoxy groups -OCH3 is 1. The minimum Gasteiger partial charge on any atom is -0.493 e. The topological polar surface area (TPSA) is 51.1 Å². The molecule has 0 radical (unpaired) electrons. The Morgan fingerprint density at radius 3 is 2.49 bits per heavy atom. The normalized spacial score (nSPS) is 15.6. The lowest BCUT2D eigenvalue weighted by atomic mass is 10.1. The van der Waals surface area contributed by atoms with Crippen LogP contribution < -0.4 is 9.47 Å². The number of halogens is 1. The van der Waals surface area contributed by atoms with Gasteiger partial charge in [-0.2, -0.15) is 0 Å². The number of aliphatic imine (C=N–C) groups is 1. The number of carbonyl (C=O) groups excluding carboxylic acids is 1. The van der Waals surface area contributed by atoms with Crippen LogP contribution in [0.25, 0.3) is 16.8 Å². The van der Waals surface area contributed by atoms with Crippen molar-refractivity contribution in [1.29, 1.82) is 0 Å². The summed E-state index contributed by atoms with van der Waals surface area (Å²) in [6, 6.07) is 25.9. The van der Waals surface area contributed by atoms with E-state index in [0.717, 1.165) is 11.1 Å². The van der Waals surface area contributed by atoms with Gasteiger partial charge in [-0.05, 0) is 89.1 Å². The largest absolute Gasteiger partial charge is 0.493 e. The lowest BCUT2D eigenvalue weighted by Gasteiger charge is -2.12. The fraction of sp³-hybridized carbons (Fsp3) is 0.133. The van der Waals surface area contributed by atoms with Crippen LogP contribution in [0, 0.1) is 5.82 Å². The van der Waals surface area contributed by atoms with Gasteiger partial charge in [0.1, 0.15) is 12.4 Å². The molecule has 0 saturated carbocycles. The predicted molar refractivity (Wildman–Crippen MR) is 148 cm³/mol. The van der Waals surface area contributed by atoms with Gasteiger partial charge in [-0.1, -0.05) is 42.5 Å². The Kier molecular flexibility index (Phi) is 7.23. The van der Waals surface area contributed by atoms with E-state index in [1.807, 2.05) is 43.3 Å². The Morgan fingerprint density at radius 1 is 0.946 bits per heavy atom. The first-order valence-corrected chi connectivity index (χ1v) is 12.7. The van der Waals surface area contributed by atoms with Crippen LogP contribution in [0.3, 0.4) is 0 Å². The molecule has 1 fully saturated rings. The lowest BCUT2D eigenvalue weighted by molar-refractivity contribution is -0.122. The maximum Gasteiger partial charge on any atom is 0.266 e. The summed E-state index contributed by atoms with van der Waals surface area (Å²) in [6.45, 7) is 2.78. The molecular formula is C30H25FN2O3S. The number of nitrogens with zero attached hydrogens (tertiary/aromatic N) is 2. The second kappa shape index (κ2) is 10.9. The van der Waals surface area contributed by atoms with Crippen molar-refractivity contribution in [2.24, 2.45) is 4.99 Å². The summed E-state index contributed by atoms with van der Waals surface area (Å²) >= 11 is 1.29. The number of amidine groups is 1. The van der Waals surface area contributed by atoms with E-state index in [2.05, 4.69) is 35.3 Å². The number of ether oxygens (including phenoxy) is 2. The average molecular weight is 513 g/mol. The molecule has 1 amide bonds. The van der Waals surface area contributed by atoms with E-state index in [-0.39, 0.29) is 11.7 Å². The number of thioether (sulfide) groups is 1. The van der Waals surface area contributed by atoms with Crippen LogP contribution in [0.4, 0.5) is 10.1 Å². The zero-order chi connectivity index (χ0) is 25.8. The highest BCUT2D eigenvalue weighted by atomic mass is 32.2. The predicted octanol–water partition coefficient (Wildman–Crippen LogP) is 7.19. The molecule has 1 saturated heterocycles. The second-order valence-electron chi connectivity index (χ2n) is 8.41. The van der Waals surface area contributed by atoms with Crippen LogP contribution in [-0.4, -0.2) is 29.6 Å². The van der Waals surface area contributed by atoms with Crippen LogP contribution in [0.2, 0.25) is 0 Å². The van der Waals surface area contributed by atoms with Gasteiger partial charge in [0.15, 0.2) is 16.7 Å². The van der Waals surface area contributed by atoms with Gasteiger partial charge in [0.2, 0.25) is 0 Å². The zero-order valence-electron chi connectivity index (χ0n) is 20.5. The first kappa shape index (κ1) is 24.6.